The maximum Gasteiger partial charge on any atom is 0.128 e. The molecule has 3 nitrogen and oxygen atoms in total. The predicted molar refractivity (Wildman–Crippen MR) is 97.8 cm³/mol. The zero-order chi connectivity index (χ0) is 16.5. The van der Waals surface area contributed by atoms with E-state index in [9.17, 15) is 0 Å². The molecule has 0 aliphatic rings. The summed E-state index contributed by atoms with van der Waals surface area (Å²) in [5.74, 6) is 0.871. The first-order chi connectivity index (χ1) is 11.8. The van der Waals surface area contributed by atoms with E-state index in [0.29, 0.717) is 0 Å². The van der Waals surface area contributed by atoms with Crippen molar-refractivity contribution in [2.24, 2.45) is 0 Å². The Hall–Kier alpha value is -3.07. The van der Waals surface area contributed by atoms with Crippen molar-refractivity contribution in [2.75, 3.05) is 7.11 Å². The molecule has 0 N–H and O–H groups in total. The molecule has 0 amide bonds. The summed E-state index contributed by atoms with van der Waals surface area (Å²) in [5, 5.41) is 1.18. The van der Waals surface area contributed by atoms with E-state index in [2.05, 4.69) is 53.0 Å². The van der Waals surface area contributed by atoms with Gasteiger partial charge >= 0.3 is 0 Å². The maximum absolute atomic E-state index is 5.67. The smallest absolute Gasteiger partial charge is 0.128 e. The van der Waals surface area contributed by atoms with Crippen LogP contribution in [0, 0.1) is 6.92 Å². The molecule has 0 saturated heterocycles. The molecule has 0 atom stereocenters. The van der Waals surface area contributed by atoms with E-state index in [1.165, 1.54) is 10.9 Å². The van der Waals surface area contributed by atoms with Gasteiger partial charge in [-0.3, -0.25) is 4.98 Å². The second kappa shape index (κ2) is 5.85. The largest absolute Gasteiger partial charge is 0.496 e. The molecule has 2 aromatic carbocycles. The Morgan fingerprint density at radius 2 is 1.83 bits per heavy atom. The lowest BCUT2D eigenvalue weighted by Crippen LogP contribution is -1.97. The normalized spacial score (nSPS) is 10.9. The average molecular weight is 314 g/mol. The van der Waals surface area contributed by atoms with Crippen LogP contribution in [0.4, 0.5) is 0 Å². The van der Waals surface area contributed by atoms with Gasteiger partial charge in [0.05, 0.1) is 24.5 Å². The van der Waals surface area contributed by atoms with Gasteiger partial charge in [-0.25, -0.2) is 0 Å². The third kappa shape index (κ3) is 2.35. The molecule has 3 heteroatoms. The number of aryl methyl sites for hydroxylation is 1. The first-order valence-electron chi connectivity index (χ1n) is 7.93. The number of hydrogen-bond donors (Lipinski definition) is 0. The summed E-state index contributed by atoms with van der Waals surface area (Å²) < 4.78 is 7.83. The molecule has 0 aliphatic carbocycles. The van der Waals surface area contributed by atoms with E-state index >= 15 is 0 Å². The van der Waals surface area contributed by atoms with Gasteiger partial charge in [0, 0.05) is 29.4 Å². The summed E-state index contributed by atoms with van der Waals surface area (Å²) in [5.41, 5.74) is 5.64. The molecule has 0 aliphatic heterocycles. The van der Waals surface area contributed by atoms with E-state index in [0.717, 1.165) is 28.1 Å². The fraction of sp³-hybridized carbons (Fsp3) is 0.0952. The van der Waals surface area contributed by atoms with Crippen LogP contribution in [0.1, 0.15) is 5.56 Å². The summed E-state index contributed by atoms with van der Waals surface area (Å²) in [6.45, 7) is 2.10. The first kappa shape index (κ1) is 14.5. The van der Waals surface area contributed by atoms with Crippen molar-refractivity contribution in [3.05, 3.63) is 78.8 Å². The van der Waals surface area contributed by atoms with Gasteiger partial charge in [0.1, 0.15) is 5.75 Å². The van der Waals surface area contributed by atoms with Crippen LogP contribution in [0.25, 0.3) is 27.7 Å². The second-order valence-corrected chi connectivity index (χ2v) is 5.83. The van der Waals surface area contributed by atoms with Gasteiger partial charge in [0.25, 0.3) is 0 Å². The van der Waals surface area contributed by atoms with Gasteiger partial charge in [-0.15, -0.1) is 0 Å². The zero-order valence-electron chi connectivity index (χ0n) is 13.7. The van der Waals surface area contributed by atoms with Crippen LogP contribution in [0.5, 0.6) is 5.75 Å². The lowest BCUT2D eigenvalue weighted by molar-refractivity contribution is 0.417. The van der Waals surface area contributed by atoms with Crippen LogP contribution in [-0.4, -0.2) is 16.7 Å². The summed E-state index contributed by atoms with van der Waals surface area (Å²) in [7, 11) is 1.72. The lowest BCUT2D eigenvalue weighted by Gasteiger charge is -2.12. The monoisotopic (exact) mass is 314 g/mol. The Balaban J connectivity index is 1.95. The van der Waals surface area contributed by atoms with Crippen molar-refractivity contribution in [1.29, 1.82) is 0 Å². The molecular weight excluding hydrogens is 296 g/mol. The van der Waals surface area contributed by atoms with Crippen molar-refractivity contribution in [3.63, 3.8) is 0 Å². The summed E-state index contributed by atoms with van der Waals surface area (Å²) in [4.78, 5) is 4.26. The van der Waals surface area contributed by atoms with Gasteiger partial charge in [-0.1, -0.05) is 30.3 Å². The molecule has 0 saturated carbocycles. The van der Waals surface area contributed by atoms with Crippen molar-refractivity contribution in [2.45, 2.75) is 6.92 Å². The Bertz CT molecular complexity index is 1000. The third-order valence-corrected chi connectivity index (χ3v) is 4.37. The number of aromatic nitrogens is 2. The number of fused-ring (bicyclic) bond motifs is 1. The van der Waals surface area contributed by atoms with Crippen LogP contribution in [0.3, 0.4) is 0 Å². The molecular formula is C21H18N2O. The summed E-state index contributed by atoms with van der Waals surface area (Å²) in [6.07, 6.45) is 5.80. The minimum atomic E-state index is 0.871. The highest BCUT2D eigenvalue weighted by molar-refractivity contribution is 5.90. The average Bonchev–Trinajstić information content (AvgIpc) is 3.04. The minimum Gasteiger partial charge on any atom is -0.496 e. The molecule has 4 rings (SSSR count). The third-order valence-electron chi connectivity index (χ3n) is 4.37. The molecule has 2 heterocycles. The van der Waals surface area contributed by atoms with Gasteiger partial charge < -0.3 is 9.30 Å². The van der Waals surface area contributed by atoms with Crippen molar-refractivity contribution in [3.8, 4) is 22.6 Å². The number of pyridine rings is 1. The van der Waals surface area contributed by atoms with Crippen LogP contribution in [0.15, 0.2) is 73.2 Å². The number of rotatable bonds is 3. The summed E-state index contributed by atoms with van der Waals surface area (Å²) >= 11 is 0. The van der Waals surface area contributed by atoms with Crippen molar-refractivity contribution in [1.82, 2.24) is 9.55 Å². The van der Waals surface area contributed by atoms with Crippen LogP contribution >= 0.6 is 0 Å². The lowest BCUT2D eigenvalue weighted by atomic mass is 10.0. The highest BCUT2D eigenvalue weighted by Crippen LogP contribution is 2.35. The topological polar surface area (TPSA) is 27.1 Å². The van der Waals surface area contributed by atoms with Gasteiger partial charge in [0.2, 0.25) is 0 Å². The highest BCUT2D eigenvalue weighted by atomic mass is 16.5. The molecule has 24 heavy (non-hydrogen) atoms. The molecule has 2 aromatic heterocycles. The Kier molecular flexibility index (Phi) is 3.54. The fourth-order valence-electron chi connectivity index (χ4n) is 3.09. The van der Waals surface area contributed by atoms with E-state index in [-0.39, 0.29) is 0 Å². The van der Waals surface area contributed by atoms with Gasteiger partial charge in [-0.2, -0.15) is 0 Å². The molecule has 0 bridgehead atoms. The van der Waals surface area contributed by atoms with Gasteiger partial charge in [0.15, 0.2) is 0 Å². The Morgan fingerprint density at radius 3 is 2.58 bits per heavy atom. The summed E-state index contributed by atoms with van der Waals surface area (Å²) in [6, 6.07) is 18.8. The fourth-order valence-corrected chi connectivity index (χ4v) is 3.09. The number of hydrogen-bond acceptors (Lipinski definition) is 2. The SMILES string of the molecule is COc1cc2c(ccn2-c2cnccc2C)cc1-c1ccccc1. The quantitative estimate of drug-likeness (QED) is 0.531. The van der Waals surface area contributed by atoms with Crippen LogP contribution < -0.4 is 4.74 Å². The van der Waals surface area contributed by atoms with E-state index in [1.54, 1.807) is 7.11 Å². The van der Waals surface area contributed by atoms with E-state index < -0.39 is 0 Å². The van der Waals surface area contributed by atoms with E-state index in [1.807, 2.05) is 36.7 Å². The zero-order valence-corrected chi connectivity index (χ0v) is 13.7. The van der Waals surface area contributed by atoms with Crippen LogP contribution in [-0.2, 0) is 0 Å². The number of ether oxygens (including phenoxy) is 1. The number of nitrogens with zero attached hydrogens (tertiary/aromatic N) is 2. The Labute approximate surface area is 141 Å². The van der Waals surface area contributed by atoms with E-state index in [4.69, 9.17) is 4.74 Å². The molecule has 0 radical (unpaired) electrons. The second-order valence-electron chi connectivity index (χ2n) is 5.83. The molecule has 118 valence electrons. The molecule has 0 unspecified atom stereocenters. The van der Waals surface area contributed by atoms with Crippen molar-refractivity contribution >= 4 is 10.9 Å². The molecule has 0 fully saturated rings. The molecule has 0 spiro atoms. The van der Waals surface area contributed by atoms with Crippen LogP contribution in [0.2, 0.25) is 0 Å². The van der Waals surface area contributed by atoms with Gasteiger partial charge in [-0.05, 0) is 36.2 Å². The maximum atomic E-state index is 5.67. The molecule has 4 aromatic rings. The minimum absolute atomic E-state index is 0.871. The predicted octanol–water partition coefficient (Wildman–Crippen LogP) is 5.01. The standard InChI is InChI=1S/C21H18N2O/c1-15-8-10-22-14-20(15)23-11-9-17-12-18(16-6-4-3-5-7-16)21(24-2)13-19(17)23/h3-14H,1-2H3. The van der Waals surface area contributed by atoms with Crippen molar-refractivity contribution < 1.29 is 4.74 Å². The first-order valence-corrected chi connectivity index (χ1v) is 7.93. The highest BCUT2D eigenvalue weighted by Gasteiger charge is 2.12. The Morgan fingerprint density at radius 1 is 1.00 bits per heavy atom. The number of methoxy groups -OCH3 is 1. The number of benzene rings is 2.